The van der Waals surface area contributed by atoms with E-state index in [1.165, 1.54) is 57.1 Å². The van der Waals surface area contributed by atoms with E-state index in [1.54, 1.807) is 12.1 Å². The first kappa shape index (κ1) is 14.1. The van der Waals surface area contributed by atoms with Crippen molar-refractivity contribution in [2.24, 2.45) is 11.8 Å². The first-order valence-corrected chi connectivity index (χ1v) is 7.55. The molecule has 102 valence electrons. The molecular formula is C18H23F. The van der Waals surface area contributed by atoms with Crippen LogP contribution < -0.4 is 0 Å². The van der Waals surface area contributed by atoms with Crippen molar-refractivity contribution in [1.29, 1.82) is 0 Å². The molecule has 0 aliphatic heterocycles. The van der Waals surface area contributed by atoms with E-state index in [-0.39, 0.29) is 5.82 Å². The van der Waals surface area contributed by atoms with Gasteiger partial charge in [-0.25, -0.2) is 4.39 Å². The molecule has 0 amide bonds. The molecular weight excluding hydrogens is 235 g/mol. The van der Waals surface area contributed by atoms with Crippen molar-refractivity contribution in [2.75, 3.05) is 0 Å². The van der Waals surface area contributed by atoms with Crippen LogP contribution in [0.3, 0.4) is 0 Å². The molecule has 1 aromatic rings. The van der Waals surface area contributed by atoms with Crippen LogP contribution in [-0.2, 0) is 0 Å². The predicted molar refractivity (Wildman–Crippen MR) is 78.3 cm³/mol. The molecule has 1 saturated carbocycles. The number of hydrogen-bond donors (Lipinski definition) is 0. The van der Waals surface area contributed by atoms with Gasteiger partial charge < -0.3 is 0 Å². The quantitative estimate of drug-likeness (QED) is 0.656. The van der Waals surface area contributed by atoms with E-state index >= 15 is 0 Å². The zero-order chi connectivity index (χ0) is 13.5. The van der Waals surface area contributed by atoms with Crippen molar-refractivity contribution in [2.45, 2.75) is 51.9 Å². The van der Waals surface area contributed by atoms with Gasteiger partial charge in [-0.15, -0.1) is 0 Å². The molecule has 0 radical (unpaired) electrons. The lowest BCUT2D eigenvalue weighted by Gasteiger charge is -2.25. The summed E-state index contributed by atoms with van der Waals surface area (Å²) < 4.78 is 12.8. The number of benzene rings is 1. The molecule has 1 heteroatoms. The molecule has 0 aromatic heterocycles. The summed E-state index contributed by atoms with van der Waals surface area (Å²) >= 11 is 0. The lowest BCUT2D eigenvalue weighted by Crippen LogP contribution is -2.13. The molecule has 0 atom stereocenters. The molecule has 0 bridgehead atoms. The van der Waals surface area contributed by atoms with Gasteiger partial charge in [0, 0.05) is 11.5 Å². The highest BCUT2D eigenvalue weighted by Crippen LogP contribution is 2.31. The van der Waals surface area contributed by atoms with Gasteiger partial charge in [0.05, 0.1) is 0 Å². The minimum Gasteiger partial charge on any atom is -0.207 e. The van der Waals surface area contributed by atoms with E-state index in [0.717, 1.165) is 11.5 Å². The van der Waals surface area contributed by atoms with E-state index < -0.39 is 0 Å². The second-order valence-corrected chi connectivity index (χ2v) is 5.64. The van der Waals surface area contributed by atoms with Crippen molar-refractivity contribution >= 4 is 0 Å². The molecule has 0 unspecified atom stereocenters. The molecule has 1 aliphatic rings. The molecule has 1 aromatic carbocycles. The van der Waals surface area contributed by atoms with E-state index in [2.05, 4.69) is 18.8 Å². The van der Waals surface area contributed by atoms with E-state index in [9.17, 15) is 4.39 Å². The highest BCUT2D eigenvalue weighted by molar-refractivity contribution is 5.34. The van der Waals surface area contributed by atoms with Crippen LogP contribution in [0.25, 0.3) is 0 Å². The van der Waals surface area contributed by atoms with Gasteiger partial charge in [0.2, 0.25) is 0 Å². The van der Waals surface area contributed by atoms with Gasteiger partial charge in [0.15, 0.2) is 0 Å². The first-order chi connectivity index (χ1) is 9.28. The molecule has 19 heavy (non-hydrogen) atoms. The van der Waals surface area contributed by atoms with Crippen molar-refractivity contribution in [3.05, 3.63) is 35.6 Å². The van der Waals surface area contributed by atoms with Gasteiger partial charge in [-0.2, -0.15) is 0 Å². The average Bonchev–Trinajstić information content (AvgIpc) is 2.46. The summed E-state index contributed by atoms with van der Waals surface area (Å²) in [5, 5.41) is 0. The summed E-state index contributed by atoms with van der Waals surface area (Å²) in [5.41, 5.74) is 0.925. The maximum atomic E-state index is 12.8. The molecule has 0 heterocycles. The number of halogens is 1. The van der Waals surface area contributed by atoms with Crippen LogP contribution in [0.15, 0.2) is 24.3 Å². The Morgan fingerprint density at radius 3 is 2.42 bits per heavy atom. The third-order valence-electron chi connectivity index (χ3n) is 4.08. The molecule has 1 fully saturated rings. The maximum absolute atomic E-state index is 12.8. The smallest absolute Gasteiger partial charge is 0.123 e. The Morgan fingerprint density at radius 2 is 1.79 bits per heavy atom. The lowest BCUT2D eigenvalue weighted by molar-refractivity contribution is 0.296. The van der Waals surface area contributed by atoms with Crippen LogP contribution in [-0.4, -0.2) is 0 Å². The summed E-state index contributed by atoms with van der Waals surface area (Å²) in [6.45, 7) is 2.26. The molecule has 2 rings (SSSR count). The lowest BCUT2D eigenvalue weighted by atomic mass is 9.80. The summed E-state index contributed by atoms with van der Waals surface area (Å²) in [5.74, 6) is 7.83. The SMILES string of the molecule is CCCC[C@H]1CC[C@H](C#Cc2ccc(F)cc2)CC1. The summed E-state index contributed by atoms with van der Waals surface area (Å²) in [4.78, 5) is 0. The number of hydrogen-bond acceptors (Lipinski definition) is 0. The molecule has 0 saturated heterocycles. The van der Waals surface area contributed by atoms with Crippen LogP contribution in [0.2, 0.25) is 0 Å². The fourth-order valence-corrected chi connectivity index (χ4v) is 2.81. The van der Waals surface area contributed by atoms with Crippen LogP contribution >= 0.6 is 0 Å². The largest absolute Gasteiger partial charge is 0.207 e. The highest BCUT2D eigenvalue weighted by Gasteiger charge is 2.19. The minimum atomic E-state index is -0.193. The number of rotatable bonds is 3. The van der Waals surface area contributed by atoms with Gasteiger partial charge in [0.1, 0.15) is 5.82 Å². The van der Waals surface area contributed by atoms with Crippen molar-refractivity contribution < 1.29 is 4.39 Å². The molecule has 1 aliphatic carbocycles. The van der Waals surface area contributed by atoms with Crippen molar-refractivity contribution in [3.8, 4) is 11.8 Å². The summed E-state index contributed by atoms with van der Waals surface area (Å²) in [6, 6.07) is 6.47. The minimum absolute atomic E-state index is 0.193. The zero-order valence-electron chi connectivity index (χ0n) is 11.8. The van der Waals surface area contributed by atoms with Gasteiger partial charge in [-0.3, -0.25) is 0 Å². The highest BCUT2D eigenvalue weighted by atomic mass is 19.1. The van der Waals surface area contributed by atoms with E-state index in [1.807, 2.05) is 0 Å². The van der Waals surface area contributed by atoms with E-state index in [4.69, 9.17) is 0 Å². The third kappa shape index (κ3) is 4.71. The Balaban J connectivity index is 1.81. The monoisotopic (exact) mass is 258 g/mol. The van der Waals surface area contributed by atoms with Crippen molar-refractivity contribution in [3.63, 3.8) is 0 Å². The van der Waals surface area contributed by atoms with Gasteiger partial charge in [-0.05, 0) is 55.9 Å². The molecule has 0 N–H and O–H groups in total. The van der Waals surface area contributed by atoms with Crippen LogP contribution in [0, 0.1) is 29.5 Å². The van der Waals surface area contributed by atoms with Crippen LogP contribution in [0.1, 0.15) is 57.4 Å². The second kappa shape index (κ2) is 7.34. The topological polar surface area (TPSA) is 0 Å². The predicted octanol–water partition coefficient (Wildman–Crippen LogP) is 5.17. The second-order valence-electron chi connectivity index (χ2n) is 5.64. The Kier molecular flexibility index (Phi) is 5.45. The van der Waals surface area contributed by atoms with Gasteiger partial charge in [0.25, 0.3) is 0 Å². The molecule has 0 spiro atoms. The van der Waals surface area contributed by atoms with Crippen LogP contribution in [0.4, 0.5) is 4.39 Å². The fraction of sp³-hybridized carbons (Fsp3) is 0.556. The van der Waals surface area contributed by atoms with Gasteiger partial charge >= 0.3 is 0 Å². The first-order valence-electron chi connectivity index (χ1n) is 7.55. The van der Waals surface area contributed by atoms with Crippen molar-refractivity contribution in [1.82, 2.24) is 0 Å². The third-order valence-corrected chi connectivity index (χ3v) is 4.08. The fourth-order valence-electron chi connectivity index (χ4n) is 2.81. The number of unbranched alkanes of at least 4 members (excludes halogenated alkanes) is 1. The molecule has 0 nitrogen and oxygen atoms in total. The Morgan fingerprint density at radius 1 is 1.11 bits per heavy atom. The Bertz CT molecular complexity index is 427. The standard InChI is InChI=1S/C18H23F/c1-2-3-4-15-5-7-16(8-6-15)9-10-17-11-13-18(19)14-12-17/h11-16H,2-8H2,1H3/t15-,16-. The normalized spacial score (nSPS) is 22.6. The Hall–Kier alpha value is -1.29. The van der Waals surface area contributed by atoms with Crippen LogP contribution in [0.5, 0.6) is 0 Å². The summed E-state index contributed by atoms with van der Waals surface area (Å²) in [7, 11) is 0. The zero-order valence-corrected chi connectivity index (χ0v) is 11.8. The Labute approximate surface area is 116 Å². The maximum Gasteiger partial charge on any atom is 0.123 e. The summed E-state index contributed by atoms with van der Waals surface area (Å²) in [6.07, 6.45) is 9.23. The van der Waals surface area contributed by atoms with E-state index in [0.29, 0.717) is 5.92 Å². The van der Waals surface area contributed by atoms with Gasteiger partial charge in [-0.1, -0.05) is 38.0 Å². The average molecular weight is 258 g/mol.